The van der Waals surface area contributed by atoms with Gasteiger partial charge in [-0.25, -0.2) is 0 Å². The summed E-state index contributed by atoms with van der Waals surface area (Å²) in [4.78, 5) is 29.6. The van der Waals surface area contributed by atoms with Crippen LogP contribution in [0.3, 0.4) is 0 Å². The number of carbonyl (C=O) groups excluding carboxylic acids is 2. The van der Waals surface area contributed by atoms with Crippen LogP contribution >= 0.6 is 0 Å². The third-order valence-corrected chi connectivity index (χ3v) is 6.38. The van der Waals surface area contributed by atoms with Crippen molar-refractivity contribution in [2.24, 2.45) is 16.7 Å². The summed E-state index contributed by atoms with van der Waals surface area (Å²) in [5.41, 5.74) is -1.30. The Labute approximate surface area is 143 Å². The molecule has 0 radical (unpaired) electrons. The molecular formula is C18H27N3O3. The van der Waals surface area contributed by atoms with Gasteiger partial charge in [-0.2, -0.15) is 5.26 Å². The number of nitriles is 1. The van der Waals surface area contributed by atoms with Crippen molar-refractivity contribution in [2.75, 3.05) is 39.9 Å². The molecule has 3 fully saturated rings. The van der Waals surface area contributed by atoms with Crippen LogP contribution in [-0.4, -0.2) is 61.5 Å². The van der Waals surface area contributed by atoms with Gasteiger partial charge < -0.3 is 14.5 Å². The fourth-order valence-electron chi connectivity index (χ4n) is 4.75. The Morgan fingerprint density at radius 3 is 2.71 bits per heavy atom. The predicted octanol–water partition coefficient (Wildman–Crippen LogP) is 1.41. The lowest BCUT2D eigenvalue weighted by molar-refractivity contribution is -0.140. The van der Waals surface area contributed by atoms with Gasteiger partial charge in [-0.3, -0.25) is 9.59 Å². The molecule has 2 aliphatic heterocycles. The average molecular weight is 333 g/mol. The van der Waals surface area contributed by atoms with Crippen LogP contribution in [0, 0.1) is 28.1 Å². The average Bonchev–Trinajstić information content (AvgIpc) is 3.27. The summed E-state index contributed by atoms with van der Waals surface area (Å²) >= 11 is 0. The summed E-state index contributed by atoms with van der Waals surface area (Å²) in [6.07, 6.45) is 4.00. The number of amides is 2. The highest BCUT2D eigenvalue weighted by Gasteiger charge is 2.57. The van der Waals surface area contributed by atoms with Gasteiger partial charge in [0.2, 0.25) is 11.8 Å². The second-order valence-corrected chi connectivity index (χ2v) is 7.68. The minimum Gasteiger partial charge on any atom is -0.383 e. The zero-order chi connectivity index (χ0) is 17.4. The van der Waals surface area contributed by atoms with Crippen molar-refractivity contribution in [3.63, 3.8) is 0 Å². The van der Waals surface area contributed by atoms with Crippen molar-refractivity contribution in [1.82, 2.24) is 9.80 Å². The molecule has 2 saturated heterocycles. The smallest absolute Gasteiger partial charge is 0.243 e. The van der Waals surface area contributed by atoms with Gasteiger partial charge in [0, 0.05) is 33.3 Å². The van der Waals surface area contributed by atoms with Crippen LogP contribution in [0.25, 0.3) is 0 Å². The molecule has 3 aliphatic rings. The maximum atomic E-state index is 13.0. The summed E-state index contributed by atoms with van der Waals surface area (Å²) in [7, 11) is 1.64. The molecule has 132 valence electrons. The van der Waals surface area contributed by atoms with Crippen molar-refractivity contribution in [2.45, 2.75) is 39.0 Å². The van der Waals surface area contributed by atoms with E-state index in [-0.39, 0.29) is 17.7 Å². The number of hydrogen-bond donors (Lipinski definition) is 0. The largest absolute Gasteiger partial charge is 0.383 e. The van der Waals surface area contributed by atoms with E-state index in [4.69, 9.17) is 4.74 Å². The molecule has 1 aliphatic carbocycles. The minimum atomic E-state index is -0.845. The maximum absolute atomic E-state index is 13.0. The molecule has 0 aromatic carbocycles. The first-order valence-electron chi connectivity index (χ1n) is 8.98. The second kappa shape index (κ2) is 6.36. The van der Waals surface area contributed by atoms with Gasteiger partial charge in [0.1, 0.15) is 5.41 Å². The van der Waals surface area contributed by atoms with Crippen LogP contribution in [0.15, 0.2) is 0 Å². The number of ether oxygens (including phenoxy) is 1. The molecule has 0 aromatic heterocycles. The summed E-state index contributed by atoms with van der Waals surface area (Å²) in [6, 6.07) is 2.29. The molecular weight excluding hydrogens is 306 g/mol. The lowest BCUT2D eigenvalue weighted by atomic mass is 9.77. The van der Waals surface area contributed by atoms with Crippen LogP contribution in [0.4, 0.5) is 0 Å². The first-order valence-corrected chi connectivity index (χ1v) is 8.98. The molecule has 24 heavy (non-hydrogen) atoms. The normalized spacial score (nSPS) is 31.9. The molecule has 0 unspecified atom stereocenters. The number of carbonyl (C=O) groups is 2. The maximum Gasteiger partial charge on any atom is 0.243 e. The minimum absolute atomic E-state index is 0.0469. The third-order valence-electron chi connectivity index (χ3n) is 6.38. The fraction of sp³-hybridized carbons (Fsp3) is 0.833. The van der Waals surface area contributed by atoms with E-state index < -0.39 is 10.8 Å². The standard InChI is InChI=1S/C18H27N3O3/c1-14-11-21(15(22)17(12-19)5-3-4-6-17)13-18(14)7-8-20(16(18)23)9-10-24-2/h14H,3-11,13H2,1-2H3/t14-,18-/m1/s1. The molecule has 6 heteroatoms. The summed E-state index contributed by atoms with van der Waals surface area (Å²) in [5.74, 6) is 0.243. The zero-order valence-corrected chi connectivity index (χ0v) is 14.7. The van der Waals surface area contributed by atoms with Gasteiger partial charge in [0.05, 0.1) is 18.1 Å². The van der Waals surface area contributed by atoms with Gasteiger partial charge in [-0.15, -0.1) is 0 Å². The van der Waals surface area contributed by atoms with Gasteiger partial charge in [0.15, 0.2) is 0 Å². The summed E-state index contributed by atoms with van der Waals surface area (Å²) in [6.45, 7) is 5.01. The highest BCUT2D eigenvalue weighted by atomic mass is 16.5. The number of rotatable bonds is 4. The van der Waals surface area contributed by atoms with Crippen molar-refractivity contribution < 1.29 is 14.3 Å². The van der Waals surface area contributed by atoms with E-state index in [1.165, 1.54) is 0 Å². The van der Waals surface area contributed by atoms with Gasteiger partial charge in [-0.1, -0.05) is 19.8 Å². The lowest BCUT2D eigenvalue weighted by Crippen LogP contribution is -2.44. The van der Waals surface area contributed by atoms with E-state index in [1.54, 1.807) is 12.0 Å². The Morgan fingerprint density at radius 1 is 1.38 bits per heavy atom. The molecule has 3 rings (SSSR count). The molecule has 2 atom stereocenters. The van der Waals surface area contributed by atoms with Crippen molar-refractivity contribution in [3.8, 4) is 6.07 Å². The van der Waals surface area contributed by atoms with Crippen LogP contribution in [0.5, 0.6) is 0 Å². The number of methoxy groups -OCH3 is 1. The van der Waals surface area contributed by atoms with E-state index in [0.29, 0.717) is 39.1 Å². The van der Waals surface area contributed by atoms with E-state index in [9.17, 15) is 14.9 Å². The summed E-state index contributed by atoms with van der Waals surface area (Å²) < 4.78 is 5.09. The Hall–Kier alpha value is -1.61. The Kier molecular flexibility index (Phi) is 4.56. The Balaban J connectivity index is 1.74. The van der Waals surface area contributed by atoms with Gasteiger partial charge in [-0.05, 0) is 25.2 Å². The molecule has 0 bridgehead atoms. The monoisotopic (exact) mass is 333 g/mol. The molecule has 0 N–H and O–H groups in total. The van der Waals surface area contributed by atoms with Crippen LogP contribution in [-0.2, 0) is 14.3 Å². The van der Waals surface area contributed by atoms with Crippen LogP contribution < -0.4 is 0 Å². The molecule has 1 spiro atoms. The Bertz CT molecular complexity index is 564. The predicted molar refractivity (Wildman–Crippen MR) is 87.8 cm³/mol. The van der Waals surface area contributed by atoms with Crippen LogP contribution in [0.1, 0.15) is 39.0 Å². The van der Waals surface area contributed by atoms with Crippen molar-refractivity contribution >= 4 is 11.8 Å². The van der Waals surface area contributed by atoms with Crippen molar-refractivity contribution in [3.05, 3.63) is 0 Å². The summed E-state index contributed by atoms with van der Waals surface area (Å²) in [5, 5.41) is 9.57. The van der Waals surface area contributed by atoms with E-state index in [1.807, 2.05) is 4.90 Å². The molecule has 2 heterocycles. The molecule has 0 aromatic rings. The third kappa shape index (κ3) is 2.50. The van der Waals surface area contributed by atoms with E-state index >= 15 is 0 Å². The highest BCUT2D eigenvalue weighted by Crippen LogP contribution is 2.47. The number of hydrogen-bond acceptors (Lipinski definition) is 4. The molecule has 1 saturated carbocycles. The second-order valence-electron chi connectivity index (χ2n) is 7.68. The number of nitrogens with zero attached hydrogens (tertiary/aromatic N) is 3. The first kappa shape index (κ1) is 17.2. The molecule has 2 amide bonds. The quantitative estimate of drug-likeness (QED) is 0.780. The molecule has 6 nitrogen and oxygen atoms in total. The topological polar surface area (TPSA) is 73.6 Å². The van der Waals surface area contributed by atoms with E-state index in [2.05, 4.69) is 13.0 Å². The van der Waals surface area contributed by atoms with Gasteiger partial charge in [0.25, 0.3) is 0 Å². The zero-order valence-electron chi connectivity index (χ0n) is 14.7. The fourth-order valence-corrected chi connectivity index (χ4v) is 4.75. The lowest BCUT2D eigenvalue weighted by Gasteiger charge is -2.28. The first-order chi connectivity index (χ1) is 11.5. The van der Waals surface area contributed by atoms with E-state index in [0.717, 1.165) is 25.8 Å². The Morgan fingerprint density at radius 2 is 2.08 bits per heavy atom. The highest BCUT2D eigenvalue weighted by molar-refractivity contribution is 5.90. The number of likely N-dealkylation sites (tertiary alicyclic amines) is 2. The SMILES string of the molecule is COCCN1CC[C@]2(CN(C(=O)C3(C#N)CCCC3)C[C@H]2C)C1=O. The van der Waals surface area contributed by atoms with Crippen molar-refractivity contribution in [1.29, 1.82) is 5.26 Å². The van der Waals surface area contributed by atoms with Crippen LogP contribution in [0.2, 0.25) is 0 Å². The van der Waals surface area contributed by atoms with Gasteiger partial charge >= 0.3 is 0 Å².